The van der Waals surface area contributed by atoms with Gasteiger partial charge in [-0.15, -0.1) is 0 Å². The molecule has 1 fully saturated rings. The van der Waals surface area contributed by atoms with Gasteiger partial charge in [0.25, 0.3) is 0 Å². The summed E-state index contributed by atoms with van der Waals surface area (Å²) in [6.45, 7) is 2.16. The number of likely N-dealkylation sites (tertiary alicyclic amines) is 1. The highest BCUT2D eigenvalue weighted by Gasteiger charge is 2.17. The molecule has 0 saturated carbocycles. The number of likely N-dealkylation sites (N-methyl/N-ethyl adjacent to an activating group) is 1. The lowest BCUT2D eigenvalue weighted by atomic mass is 10.1. The van der Waals surface area contributed by atoms with Crippen molar-refractivity contribution >= 4 is 5.69 Å². The van der Waals surface area contributed by atoms with Crippen LogP contribution in [0, 0.1) is 5.82 Å². The van der Waals surface area contributed by atoms with Crippen LogP contribution in [0.25, 0.3) is 0 Å². The molecule has 17 heavy (non-hydrogen) atoms. The molecule has 0 aliphatic carbocycles. The van der Waals surface area contributed by atoms with E-state index in [-0.39, 0.29) is 11.6 Å². The summed E-state index contributed by atoms with van der Waals surface area (Å²) in [5.41, 5.74) is 0.823. The molecule has 0 aromatic heterocycles. The molecule has 1 N–H and O–H groups in total. The lowest BCUT2D eigenvalue weighted by Crippen LogP contribution is -2.39. The van der Waals surface area contributed by atoms with Crippen LogP contribution in [0.15, 0.2) is 18.2 Å². The van der Waals surface area contributed by atoms with Gasteiger partial charge in [-0.25, -0.2) is 4.39 Å². The molecule has 1 aromatic rings. The van der Waals surface area contributed by atoms with E-state index < -0.39 is 0 Å². The quantitative estimate of drug-likeness (QED) is 0.874. The number of rotatable bonds is 3. The molecule has 1 aromatic carbocycles. The topological polar surface area (TPSA) is 24.5 Å². The van der Waals surface area contributed by atoms with E-state index >= 15 is 0 Å². The van der Waals surface area contributed by atoms with Gasteiger partial charge in [0.2, 0.25) is 0 Å². The molecule has 1 atom stereocenters. The van der Waals surface area contributed by atoms with E-state index in [1.807, 2.05) is 6.07 Å². The molecule has 0 radical (unpaired) electrons. The van der Waals surface area contributed by atoms with Crippen LogP contribution in [0.4, 0.5) is 10.1 Å². The predicted molar refractivity (Wildman–Crippen MR) is 67.1 cm³/mol. The Kier molecular flexibility index (Phi) is 3.84. The minimum Gasteiger partial charge on any atom is -0.494 e. The summed E-state index contributed by atoms with van der Waals surface area (Å²) >= 11 is 0. The van der Waals surface area contributed by atoms with Gasteiger partial charge in [-0.1, -0.05) is 0 Å². The van der Waals surface area contributed by atoms with E-state index in [2.05, 4.69) is 17.3 Å². The summed E-state index contributed by atoms with van der Waals surface area (Å²) in [6.07, 6.45) is 2.32. The van der Waals surface area contributed by atoms with Crippen LogP contribution in [0.2, 0.25) is 0 Å². The standard InChI is InChI=1S/C13H19FN2O/c1-16-7-3-4-11(9-16)15-10-5-6-13(17-2)12(14)8-10/h5-6,8,11,15H,3-4,7,9H2,1-2H3. The highest BCUT2D eigenvalue weighted by atomic mass is 19.1. The fraction of sp³-hybridized carbons (Fsp3) is 0.538. The van der Waals surface area contributed by atoms with Gasteiger partial charge in [0.05, 0.1) is 7.11 Å². The number of halogens is 1. The van der Waals surface area contributed by atoms with E-state index in [0.717, 1.165) is 25.2 Å². The third-order valence-corrected chi connectivity index (χ3v) is 3.15. The zero-order valence-electron chi connectivity index (χ0n) is 10.4. The fourth-order valence-electron chi connectivity index (χ4n) is 2.28. The Labute approximate surface area is 102 Å². The van der Waals surface area contributed by atoms with Crippen LogP contribution in [0.1, 0.15) is 12.8 Å². The minimum absolute atomic E-state index is 0.288. The summed E-state index contributed by atoms with van der Waals surface area (Å²) in [7, 11) is 3.59. The average molecular weight is 238 g/mol. The van der Waals surface area contributed by atoms with Crippen LogP contribution in [-0.2, 0) is 0 Å². The van der Waals surface area contributed by atoms with Gasteiger partial charge < -0.3 is 15.0 Å². The second kappa shape index (κ2) is 5.36. The molecule has 4 heteroatoms. The monoisotopic (exact) mass is 238 g/mol. The number of piperidine rings is 1. The first-order chi connectivity index (χ1) is 8.19. The summed E-state index contributed by atoms with van der Waals surface area (Å²) in [4.78, 5) is 2.29. The number of nitrogens with zero attached hydrogens (tertiary/aromatic N) is 1. The Bertz CT molecular complexity index is 384. The highest BCUT2D eigenvalue weighted by Crippen LogP contribution is 2.22. The van der Waals surface area contributed by atoms with Gasteiger partial charge in [0.1, 0.15) is 0 Å². The summed E-state index contributed by atoms with van der Waals surface area (Å²) in [5.74, 6) is -0.0297. The molecule has 0 amide bonds. The van der Waals surface area contributed by atoms with Crippen molar-refractivity contribution in [3.8, 4) is 5.75 Å². The Hall–Kier alpha value is -1.29. The van der Waals surface area contributed by atoms with Gasteiger partial charge in [-0.2, -0.15) is 0 Å². The molecule has 2 rings (SSSR count). The van der Waals surface area contributed by atoms with E-state index in [4.69, 9.17) is 4.74 Å². The molecule has 94 valence electrons. The summed E-state index contributed by atoms with van der Waals surface area (Å²) in [6, 6.07) is 5.41. The zero-order valence-corrected chi connectivity index (χ0v) is 10.4. The van der Waals surface area contributed by atoms with Crippen LogP contribution < -0.4 is 10.1 Å². The Balaban J connectivity index is 2.00. The normalized spacial score (nSPS) is 21.2. The number of hydrogen-bond donors (Lipinski definition) is 1. The van der Waals surface area contributed by atoms with Crippen molar-refractivity contribution in [3.63, 3.8) is 0 Å². The minimum atomic E-state index is -0.318. The highest BCUT2D eigenvalue weighted by molar-refractivity contribution is 5.48. The molecule has 1 aliphatic rings. The molecule has 1 aliphatic heterocycles. The number of ether oxygens (including phenoxy) is 1. The van der Waals surface area contributed by atoms with E-state index in [1.165, 1.54) is 19.6 Å². The Morgan fingerprint density at radius 1 is 1.47 bits per heavy atom. The first-order valence-corrected chi connectivity index (χ1v) is 5.97. The van der Waals surface area contributed by atoms with E-state index in [0.29, 0.717) is 6.04 Å². The summed E-state index contributed by atoms with van der Waals surface area (Å²) < 4.78 is 18.4. The molecule has 0 bridgehead atoms. The molecule has 1 unspecified atom stereocenters. The maximum Gasteiger partial charge on any atom is 0.167 e. The Morgan fingerprint density at radius 2 is 2.29 bits per heavy atom. The van der Waals surface area contributed by atoms with Crippen molar-refractivity contribution in [1.29, 1.82) is 0 Å². The van der Waals surface area contributed by atoms with Crippen molar-refractivity contribution in [2.75, 3.05) is 32.6 Å². The average Bonchev–Trinajstić information content (AvgIpc) is 2.29. The first kappa shape index (κ1) is 12.2. The summed E-state index contributed by atoms with van der Waals surface area (Å²) in [5, 5.41) is 3.37. The van der Waals surface area contributed by atoms with Crippen molar-refractivity contribution in [1.82, 2.24) is 4.90 Å². The van der Waals surface area contributed by atoms with E-state index in [9.17, 15) is 4.39 Å². The number of benzene rings is 1. The van der Waals surface area contributed by atoms with Crippen molar-refractivity contribution in [2.45, 2.75) is 18.9 Å². The maximum atomic E-state index is 13.5. The molecule has 3 nitrogen and oxygen atoms in total. The first-order valence-electron chi connectivity index (χ1n) is 5.97. The molecule has 0 spiro atoms. The second-order valence-corrected chi connectivity index (χ2v) is 4.60. The molecule has 1 heterocycles. The zero-order chi connectivity index (χ0) is 12.3. The second-order valence-electron chi connectivity index (χ2n) is 4.60. The van der Waals surface area contributed by atoms with Crippen molar-refractivity contribution < 1.29 is 9.13 Å². The third kappa shape index (κ3) is 3.09. The largest absolute Gasteiger partial charge is 0.494 e. The molecular formula is C13H19FN2O. The number of methoxy groups -OCH3 is 1. The van der Waals surface area contributed by atoms with Gasteiger partial charge in [0, 0.05) is 24.3 Å². The fourth-order valence-corrected chi connectivity index (χ4v) is 2.28. The van der Waals surface area contributed by atoms with Crippen molar-refractivity contribution in [2.24, 2.45) is 0 Å². The smallest absolute Gasteiger partial charge is 0.167 e. The van der Waals surface area contributed by atoms with Crippen LogP contribution in [0.5, 0.6) is 5.75 Å². The number of nitrogens with one attached hydrogen (secondary N) is 1. The predicted octanol–water partition coefficient (Wildman–Crippen LogP) is 2.34. The van der Waals surface area contributed by atoms with Crippen molar-refractivity contribution in [3.05, 3.63) is 24.0 Å². The lowest BCUT2D eigenvalue weighted by Gasteiger charge is -2.30. The number of anilines is 1. The lowest BCUT2D eigenvalue weighted by molar-refractivity contribution is 0.261. The van der Waals surface area contributed by atoms with Gasteiger partial charge in [-0.3, -0.25) is 0 Å². The maximum absolute atomic E-state index is 13.5. The Morgan fingerprint density at radius 3 is 2.94 bits per heavy atom. The van der Waals surface area contributed by atoms with E-state index in [1.54, 1.807) is 6.07 Å². The van der Waals surface area contributed by atoms with Crippen LogP contribution in [0.3, 0.4) is 0 Å². The number of hydrogen-bond acceptors (Lipinski definition) is 3. The SMILES string of the molecule is COc1ccc(NC2CCCN(C)C2)cc1F. The molecule has 1 saturated heterocycles. The van der Waals surface area contributed by atoms with Crippen LogP contribution >= 0.6 is 0 Å². The van der Waals surface area contributed by atoms with Gasteiger partial charge >= 0.3 is 0 Å². The third-order valence-electron chi connectivity index (χ3n) is 3.15. The van der Waals surface area contributed by atoms with Crippen LogP contribution in [-0.4, -0.2) is 38.2 Å². The van der Waals surface area contributed by atoms with Gasteiger partial charge in [-0.05, 0) is 38.6 Å². The molecular weight excluding hydrogens is 219 g/mol. The van der Waals surface area contributed by atoms with Gasteiger partial charge in [0.15, 0.2) is 11.6 Å².